The molecule has 0 aliphatic heterocycles. The smallest absolute Gasteiger partial charge is 0.142 e. The molecule has 0 fully saturated rings. The highest BCUT2D eigenvalue weighted by molar-refractivity contribution is 8.13. The molecule has 0 saturated carbocycles. The van der Waals surface area contributed by atoms with E-state index < -0.39 is 0 Å². The van der Waals surface area contributed by atoms with Crippen molar-refractivity contribution < 1.29 is 4.84 Å². The molecule has 0 aromatic heterocycles. The number of thioether (sulfide) groups is 1. The molecule has 0 heterocycles. The van der Waals surface area contributed by atoms with Crippen LogP contribution >= 0.6 is 23.4 Å². The molecular formula is C10H12ClNOS. The van der Waals surface area contributed by atoms with Crippen molar-refractivity contribution in [2.45, 2.75) is 6.92 Å². The zero-order chi connectivity index (χ0) is 10.4. The molecule has 0 N–H and O–H groups in total. The molecule has 0 aliphatic rings. The molecule has 0 saturated heterocycles. The Bertz CT molecular complexity index is 310. The Morgan fingerprint density at radius 3 is 2.57 bits per heavy atom. The Labute approximate surface area is 93.3 Å². The Morgan fingerprint density at radius 2 is 2.07 bits per heavy atom. The molecule has 76 valence electrons. The van der Waals surface area contributed by atoms with Gasteiger partial charge in [-0.05, 0) is 25.3 Å². The van der Waals surface area contributed by atoms with Crippen LogP contribution in [-0.4, -0.2) is 17.9 Å². The van der Waals surface area contributed by atoms with Crippen LogP contribution in [0.15, 0.2) is 29.4 Å². The highest BCUT2D eigenvalue weighted by Gasteiger charge is 2.01. The molecule has 0 aliphatic carbocycles. The van der Waals surface area contributed by atoms with Gasteiger partial charge in [-0.2, -0.15) is 0 Å². The molecule has 4 heteroatoms. The molecule has 2 nitrogen and oxygen atoms in total. The first-order valence-electron chi connectivity index (χ1n) is 4.27. The summed E-state index contributed by atoms with van der Waals surface area (Å²) < 4.78 is 0. The molecule has 1 aromatic rings. The van der Waals surface area contributed by atoms with E-state index in [-0.39, 0.29) is 0 Å². The second kappa shape index (κ2) is 5.94. The quantitative estimate of drug-likeness (QED) is 0.450. The van der Waals surface area contributed by atoms with Gasteiger partial charge in [0.25, 0.3) is 0 Å². The highest BCUT2D eigenvalue weighted by Crippen LogP contribution is 2.15. The molecule has 0 bridgehead atoms. The maximum atomic E-state index is 5.79. The summed E-state index contributed by atoms with van der Waals surface area (Å²) in [4.78, 5) is 5.01. The molecule has 14 heavy (non-hydrogen) atoms. The van der Waals surface area contributed by atoms with Crippen molar-refractivity contribution in [2.24, 2.45) is 5.16 Å². The van der Waals surface area contributed by atoms with Crippen molar-refractivity contribution in [3.8, 4) is 0 Å². The Kier molecular flexibility index (Phi) is 4.84. The number of halogens is 1. The third-order valence-corrected chi connectivity index (χ3v) is 2.51. The molecule has 0 amide bonds. The Hall–Kier alpha value is -0.670. The van der Waals surface area contributed by atoms with E-state index in [9.17, 15) is 0 Å². The number of benzene rings is 1. The average Bonchev–Trinajstić information content (AvgIpc) is 2.21. The SMILES string of the molecule is CCO/N=C(\SC)c1ccc(Cl)cc1. The van der Waals surface area contributed by atoms with Gasteiger partial charge in [0.1, 0.15) is 11.7 Å². The maximum Gasteiger partial charge on any atom is 0.142 e. The van der Waals surface area contributed by atoms with Crippen LogP contribution in [0.2, 0.25) is 5.02 Å². The number of hydrogen-bond acceptors (Lipinski definition) is 3. The lowest BCUT2D eigenvalue weighted by Gasteiger charge is -2.02. The minimum Gasteiger partial charge on any atom is -0.395 e. The third-order valence-electron chi connectivity index (χ3n) is 1.56. The predicted octanol–water partition coefficient (Wildman–Crippen LogP) is 3.40. The van der Waals surface area contributed by atoms with Gasteiger partial charge in [-0.15, -0.1) is 11.8 Å². The van der Waals surface area contributed by atoms with Gasteiger partial charge in [0.15, 0.2) is 0 Å². The standard InChI is InChI=1S/C10H12ClNOS/c1-3-13-12-10(14-2)8-4-6-9(11)7-5-8/h4-7H,3H2,1-2H3/b12-10-. The van der Waals surface area contributed by atoms with E-state index in [2.05, 4.69) is 5.16 Å². The number of oxime groups is 1. The first kappa shape index (κ1) is 11.4. The maximum absolute atomic E-state index is 5.79. The fourth-order valence-electron chi connectivity index (χ4n) is 0.923. The summed E-state index contributed by atoms with van der Waals surface area (Å²) in [6.45, 7) is 2.49. The minimum absolute atomic E-state index is 0.581. The van der Waals surface area contributed by atoms with E-state index in [1.165, 1.54) is 0 Å². The molecule has 0 radical (unpaired) electrons. The normalized spacial score (nSPS) is 11.5. The third kappa shape index (κ3) is 3.24. The van der Waals surface area contributed by atoms with Crippen molar-refractivity contribution >= 4 is 28.4 Å². The van der Waals surface area contributed by atoms with Gasteiger partial charge in [-0.3, -0.25) is 0 Å². The number of rotatable bonds is 3. The summed E-state index contributed by atoms with van der Waals surface area (Å²) >= 11 is 7.34. The van der Waals surface area contributed by atoms with Crippen LogP contribution in [0.25, 0.3) is 0 Å². The van der Waals surface area contributed by atoms with Gasteiger partial charge in [0, 0.05) is 10.6 Å². The molecule has 1 rings (SSSR count). The van der Waals surface area contributed by atoms with Gasteiger partial charge in [-0.25, -0.2) is 0 Å². The van der Waals surface area contributed by atoms with Crippen molar-refractivity contribution in [1.29, 1.82) is 0 Å². The zero-order valence-electron chi connectivity index (χ0n) is 8.16. The summed E-state index contributed by atoms with van der Waals surface area (Å²) in [6, 6.07) is 7.54. The van der Waals surface area contributed by atoms with E-state index in [1.807, 2.05) is 37.4 Å². The second-order valence-electron chi connectivity index (χ2n) is 2.53. The van der Waals surface area contributed by atoms with Gasteiger partial charge in [0.2, 0.25) is 0 Å². The van der Waals surface area contributed by atoms with E-state index in [4.69, 9.17) is 16.4 Å². The summed E-state index contributed by atoms with van der Waals surface area (Å²) in [5, 5.41) is 5.59. The number of hydrogen-bond donors (Lipinski definition) is 0. The summed E-state index contributed by atoms with van der Waals surface area (Å²) in [5.74, 6) is 0. The van der Waals surface area contributed by atoms with Crippen LogP contribution in [0.4, 0.5) is 0 Å². The van der Waals surface area contributed by atoms with Gasteiger partial charge >= 0.3 is 0 Å². The van der Waals surface area contributed by atoms with Crippen LogP contribution in [0.5, 0.6) is 0 Å². The summed E-state index contributed by atoms with van der Waals surface area (Å²) in [5.41, 5.74) is 1.02. The first-order chi connectivity index (χ1) is 6.77. The zero-order valence-corrected chi connectivity index (χ0v) is 9.73. The fraction of sp³-hybridized carbons (Fsp3) is 0.300. The van der Waals surface area contributed by atoms with E-state index in [0.717, 1.165) is 15.6 Å². The Balaban J connectivity index is 2.84. The topological polar surface area (TPSA) is 21.6 Å². The summed E-state index contributed by atoms with van der Waals surface area (Å²) in [6.07, 6.45) is 1.96. The van der Waals surface area contributed by atoms with Crippen LogP contribution in [-0.2, 0) is 4.84 Å². The largest absolute Gasteiger partial charge is 0.395 e. The van der Waals surface area contributed by atoms with Crippen molar-refractivity contribution in [3.05, 3.63) is 34.9 Å². The monoisotopic (exact) mass is 229 g/mol. The van der Waals surface area contributed by atoms with Crippen LogP contribution < -0.4 is 0 Å². The van der Waals surface area contributed by atoms with Crippen molar-refractivity contribution in [2.75, 3.05) is 12.9 Å². The van der Waals surface area contributed by atoms with Gasteiger partial charge in [-0.1, -0.05) is 28.9 Å². The van der Waals surface area contributed by atoms with E-state index in [1.54, 1.807) is 11.8 Å². The Morgan fingerprint density at radius 1 is 1.43 bits per heavy atom. The summed E-state index contributed by atoms with van der Waals surface area (Å²) in [7, 11) is 0. The minimum atomic E-state index is 0.581. The average molecular weight is 230 g/mol. The highest BCUT2D eigenvalue weighted by atomic mass is 35.5. The van der Waals surface area contributed by atoms with Gasteiger partial charge in [0.05, 0.1) is 0 Å². The molecule has 0 unspecified atom stereocenters. The second-order valence-corrected chi connectivity index (χ2v) is 3.76. The van der Waals surface area contributed by atoms with Crippen LogP contribution in [0, 0.1) is 0 Å². The molecule has 0 atom stereocenters. The fourth-order valence-corrected chi connectivity index (χ4v) is 1.55. The lowest BCUT2D eigenvalue weighted by atomic mass is 10.2. The lowest BCUT2D eigenvalue weighted by Crippen LogP contribution is -1.96. The van der Waals surface area contributed by atoms with Crippen LogP contribution in [0.1, 0.15) is 12.5 Å². The van der Waals surface area contributed by atoms with E-state index in [0.29, 0.717) is 6.61 Å². The first-order valence-corrected chi connectivity index (χ1v) is 5.88. The van der Waals surface area contributed by atoms with Gasteiger partial charge < -0.3 is 4.84 Å². The molecule has 1 aromatic carbocycles. The predicted molar refractivity (Wildman–Crippen MR) is 63.1 cm³/mol. The van der Waals surface area contributed by atoms with E-state index >= 15 is 0 Å². The van der Waals surface area contributed by atoms with Crippen molar-refractivity contribution in [3.63, 3.8) is 0 Å². The van der Waals surface area contributed by atoms with Crippen LogP contribution in [0.3, 0.4) is 0 Å². The lowest BCUT2D eigenvalue weighted by molar-refractivity contribution is 0.160. The van der Waals surface area contributed by atoms with Crippen molar-refractivity contribution in [1.82, 2.24) is 0 Å². The number of nitrogens with zero attached hydrogens (tertiary/aromatic N) is 1. The molecular weight excluding hydrogens is 218 g/mol. The molecule has 0 spiro atoms.